The first-order valence-corrected chi connectivity index (χ1v) is 6.10. The van der Waals surface area contributed by atoms with E-state index in [9.17, 15) is 0 Å². The fourth-order valence-electron chi connectivity index (χ4n) is 1.84. The monoisotopic (exact) mass is 282 g/mol. The van der Waals surface area contributed by atoms with E-state index in [4.69, 9.17) is 32.7 Å². The summed E-state index contributed by atoms with van der Waals surface area (Å²) >= 11 is 12.4. The van der Waals surface area contributed by atoms with Crippen molar-refractivity contribution in [3.05, 3.63) is 46.4 Å². The highest BCUT2D eigenvalue weighted by molar-refractivity contribution is 6.39. The summed E-state index contributed by atoms with van der Waals surface area (Å²) in [5.41, 5.74) is 1.56. The van der Waals surface area contributed by atoms with Crippen LogP contribution in [0.2, 0.25) is 10.0 Å². The highest BCUT2D eigenvalue weighted by atomic mass is 35.5. The summed E-state index contributed by atoms with van der Waals surface area (Å²) in [6.45, 7) is 0. The van der Waals surface area contributed by atoms with Crippen LogP contribution in [0.15, 0.2) is 36.4 Å². The van der Waals surface area contributed by atoms with Gasteiger partial charge in [-0.25, -0.2) is 0 Å². The van der Waals surface area contributed by atoms with E-state index in [0.717, 1.165) is 11.1 Å². The van der Waals surface area contributed by atoms with E-state index in [-0.39, 0.29) is 0 Å². The molecule has 0 saturated carbocycles. The SMILES string of the molecule is COc1cccc(-c2c(Cl)cccc2Cl)c1OC. The van der Waals surface area contributed by atoms with E-state index < -0.39 is 0 Å². The summed E-state index contributed by atoms with van der Waals surface area (Å²) in [4.78, 5) is 0. The Morgan fingerprint density at radius 1 is 0.833 bits per heavy atom. The van der Waals surface area contributed by atoms with Crippen LogP contribution in [-0.2, 0) is 0 Å². The summed E-state index contributed by atoms with van der Waals surface area (Å²) in [5.74, 6) is 1.26. The van der Waals surface area contributed by atoms with Crippen LogP contribution in [0.3, 0.4) is 0 Å². The van der Waals surface area contributed by atoms with Crippen LogP contribution < -0.4 is 9.47 Å². The van der Waals surface area contributed by atoms with Crippen LogP contribution in [0.25, 0.3) is 11.1 Å². The summed E-state index contributed by atoms with van der Waals surface area (Å²) in [7, 11) is 3.18. The Labute approximate surface area is 116 Å². The maximum Gasteiger partial charge on any atom is 0.168 e. The quantitative estimate of drug-likeness (QED) is 0.814. The van der Waals surface area contributed by atoms with Crippen molar-refractivity contribution in [1.29, 1.82) is 0 Å². The first-order valence-electron chi connectivity index (χ1n) is 5.34. The molecule has 0 aromatic heterocycles. The lowest BCUT2D eigenvalue weighted by Gasteiger charge is -2.14. The van der Waals surface area contributed by atoms with Crippen molar-refractivity contribution in [2.24, 2.45) is 0 Å². The van der Waals surface area contributed by atoms with Crippen molar-refractivity contribution in [3.8, 4) is 22.6 Å². The molecule has 2 nitrogen and oxygen atoms in total. The molecule has 0 amide bonds. The van der Waals surface area contributed by atoms with E-state index >= 15 is 0 Å². The zero-order valence-corrected chi connectivity index (χ0v) is 11.5. The van der Waals surface area contributed by atoms with Crippen molar-refractivity contribution < 1.29 is 9.47 Å². The van der Waals surface area contributed by atoms with E-state index in [1.54, 1.807) is 32.4 Å². The van der Waals surface area contributed by atoms with Crippen LogP contribution in [0.1, 0.15) is 0 Å². The van der Waals surface area contributed by atoms with Gasteiger partial charge in [0, 0.05) is 11.1 Å². The maximum atomic E-state index is 6.21. The molecule has 0 N–H and O–H groups in total. The normalized spacial score (nSPS) is 10.2. The Morgan fingerprint density at radius 3 is 2.00 bits per heavy atom. The van der Waals surface area contributed by atoms with E-state index in [2.05, 4.69) is 0 Å². The molecule has 0 saturated heterocycles. The molecule has 0 unspecified atom stereocenters. The molecular formula is C14H12Cl2O2. The predicted octanol–water partition coefficient (Wildman–Crippen LogP) is 4.68. The Bertz CT molecular complexity index is 547. The van der Waals surface area contributed by atoms with Crippen LogP contribution in [-0.4, -0.2) is 14.2 Å². The lowest BCUT2D eigenvalue weighted by atomic mass is 10.0. The molecule has 0 fully saturated rings. The molecular weight excluding hydrogens is 271 g/mol. The fourth-order valence-corrected chi connectivity index (χ4v) is 2.44. The van der Waals surface area contributed by atoms with E-state index in [1.165, 1.54) is 0 Å². The van der Waals surface area contributed by atoms with Gasteiger partial charge in [-0.15, -0.1) is 0 Å². The van der Waals surface area contributed by atoms with Gasteiger partial charge in [-0.05, 0) is 18.2 Å². The van der Waals surface area contributed by atoms with Crippen LogP contribution in [0.4, 0.5) is 0 Å². The Kier molecular flexibility index (Phi) is 4.00. The van der Waals surface area contributed by atoms with E-state index in [0.29, 0.717) is 21.5 Å². The second kappa shape index (κ2) is 5.51. The van der Waals surface area contributed by atoms with Gasteiger partial charge in [0.05, 0.1) is 24.3 Å². The van der Waals surface area contributed by atoms with Gasteiger partial charge in [0.2, 0.25) is 0 Å². The van der Waals surface area contributed by atoms with Gasteiger partial charge in [-0.2, -0.15) is 0 Å². The van der Waals surface area contributed by atoms with Gasteiger partial charge >= 0.3 is 0 Å². The minimum absolute atomic E-state index is 0.578. The van der Waals surface area contributed by atoms with Crippen molar-refractivity contribution in [2.45, 2.75) is 0 Å². The van der Waals surface area contributed by atoms with Crippen molar-refractivity contribution in [3.63, 3.8) is 0 Å². The molecule has 0 aliphatic heterocycles. The molecule has 0 heterocycles. The molecule has 0 bridgehead atoms. The number of halogens is 2. The Morgan fingerprint density at radius 2 is 1.44 bits per heavy atom. The molecule has 0 radical (unpaired) electrons. The minimum atomic E-state index is 0.578. The number of benzene rings is 2. The minimum Gasteiger partial charge on any atom is -0.493 e. The second-order valence-electron chi connectivity index (χ2n) is 3.64. The maximum absolute atomic E-state index is 6.21. The molecule has 94 valence electrons. The zero-order valence-electron chi connectivity index (χ0n) is 10.0. The number of para-hydroxylation sites is 1. The number of methoxy groups -OCH3 is 2. The van der Waals surface area contributed by atoms with Crippen molar-refractivity contribution >= 4 is 23.2 Å². The fraction of sp³-hybridized carbons (Fsp3) is 0.143. The number of rotatable bonds is 3. The van der Waals surface area contributed by atoms with Crippen LogP contribution >= 0.6 is 23.2 Å². The Balaban J connectivity index is 2.71. The lowest BCUT2D eigenvalue weighted by Crippen LogP contribution is -1.93. The third kappa shape index (κ3) is 2.26. The summed E-state index contributed by atoms with van der Waals surface area (Å²) in [6.07, 6.45) is 0. The molecule has 2 rings (SSSR count). The number of hydrogen-bond donors (Lipinski definition) is 0. The van der Waals surface area contributed by atoms with Crippen LogP contribution in [0.5, 0.6) is 11.5 Å². The van der Waals surface area contributed by atoms with Crippen molar-refractivity contribution in [2.75, 3.05) is 14.2 Å². The van der Waals surface area contributed by atoms with Gasteiger partial charge in [0.25, 0.3) is 0 Å². The standard InChI is InChI=1S/C14H12Cl2O2/c1-17-12-8-3-5-9(14(12)18-2)13-10(15)6-4-7-11(13)16/h3-8H,1-2H3. The first kappa shape index (κ1) is 13.1. The molecule has 0 spiro atoms. The highest BCUT2D eigenvalue weighted by Crippen LogP contribution is 2.43. The van der Waals surface area contributed by atoms with Gasteiger partial charge < -0.3 is 9.47 Å². The lowest BCUT2D eigenvalue weighted by molar-refractivity contribution is 0.356. The van der Waals surface area contributed by atoms with Crippen molar-refractivity contribution in [1.82, 2.24) is 0 Å². The first-order chi connectivity index (χ1) is 8.69. The molecule has 2 aromatic rings. The average Bonchev–Trinajstić information content (AvgIpc) is 2.38. The smallest absolute Gasteiger partial charge is 0.168 e. The summed E-state index contributed by atoms with van der Waals surface area (Å²) < 4.78 is 10.7. The van der Waals surface area contributed by atoms with Gasteiger partial charge in [-0.1, -0.05) is 41.4 Å². The topological polar surface area (TPSA) is 18.5 Å². The third-order valence-corrected chi connectivity index (χ3v) is 3.26. The second-order valence-corrected chi connectivity index (χ2v) is 4.45. The highest BCUT2D eigenvalue weighted by Gasteiger charge is 2.16. The molecule has 0 aliphatic carbocycles. The zero-order chi connectivity index (χ0) is 13.1. The van der Waals surface area contributed by atoms with Crippen LogP contribution in [0, 0.1) is 0 Å². The molecule has 0 atom stereocenters. The van der Waals surface area contributed by atoms with E-state index in [1.807, 2.05) is 18.2 Å². The largest absolute Gasteiger partial charge is 0.493 e. The molecule has 2 aromatic carbocycles. The average molecular weight is 283 g/mol. The van der Waals surface area contributed by atoms with Gasteiger partial charge in [-0.3, -0.25) is 0 Å². The summed E-state index contributed by atoms with van der Waals surface area (Å²) in [5, 5.41) is 1.16. The predicted molar refractivity (Wildman–Crippen MR) is 75.0 cm³/mol. The summed E-state index contributed by atoms with van der Waals surface area (Å²) in [6, 6.07) is 11.0. The number of ether oxygens (including phenoxy) is 2. The molecule has 0 aliphatic rings. The van der Waals surface area contributed by atoms with Gasteiger partial charge in [0.1, 0.15) is 0 Å². The number of hydrogen-bond acceptors (Lipinski definition) is 2. The Hall–Kier alpha value is -1.38. The molecule has 18 heavy (non-hydrogen) atoms. The molecule has 4 heteroatoms. The van der Waals surface area contributed by atoms with Gasteiger partial charge in [0.15, 0.2) is 11.5 Å². The third-order valence-electron chi connectivity index (χ3n) is 2.64.